The molecule has 6 heteroatoms. The van der Waals surface area contributed by atoms with E-state index in [2.05, 4.69) is 143 Å². The first kappa shape index (κ1) is 35.1. The fourth-order valence-electron chi connectivity index (χ4n) is 9.86. The van der Waals surface area contributed by atoms with Gasteiger partial charge in [-0.3, -0.25) is 9.59 Å². The standard InChI is InChI=1S/C56H32N2O2S2/c59-55-39-21-9-13-25-45(39)61-47-31-33(27-29-41(47)55)49-52-38-20-8-12-24-44(38)58(36-17-5-2-6-18-36)54(52)50(34-28-30-42-48(32-34)62-46-26-14-10-22-40(46)56(42)60)51-37-19-7-11-23-43(37)57(53(49)51)35-15-3-1-4-16-35/h1-32H. The van der Waals surface area contributed by atoms with Gasteiger partial charge in [0.2, 0.25) is 0 Å². The molecule has 4 nitrogen and oxygen atoms in total. The number of hydrogen-bond donors (Lipinski definition) is 0. The summed E-state index contributed by atoms with van der Waals surface area (Å²) >= 11 is 3.33. The molecule has 9 aromatic carbocycles. The van der Waals surface area contributed by atoms with Gasteiger partial charge in [-0.2, -0.15) is 0 Å². The summed E-state index contributed by atoms with van der Waals surface area (Å²) in [5.74, 6) is 0. The van der Waals surface area contributed by atoms with Gasteiger partial charge >= 0.3 is 0 Å². The number of hydrogen-bond acceptors (Lipinski definition) is 4. The Morgan fingerprint density at radius 2 is 0.677 bits per heavy atom. The zero-order chi connectivity index (χ0) is 41.1. The van der Waals surface area contributed by atoms with Crippen molar-refractivity contribution in [2.45, 2.75) is 0 Å². The molecule has 0 aliphatic rings. The van der Waals surface area contributed by atoms with E-state index in [1.165, 1.54) is 0 Å². The summed E-state index contributed by atoms with van der Waals surface area (Å²) in [5, 5.41) is 7.41. The molecule has 13 aromatic rings. The molecule has 0 aliphatic heterocycles. The van der Waals surface area contributed by atoms with E-state index in [1.54, 1.807) is 22.7 Å². The SMILES string of the molecule is O=c1c2ccccc2sc2cc(-c3c4c5ccccc5n(-c5ccccc5)c4c(-c4ccc5c(=O)c6ccccc6sc5c4)c4c5ccccc5n(-c5ccccc5)c34)ccc12. The highest BCUT2D eigenvalue weighted by atomic mass is 32.1. The van der Waals surface area contributed by atoms with Crippen LogP contribution in [-0.2, 0) is 0 Å². The highest BCUT2D eigenvalue weighted by Gasteiger charge is 2.29. The molecule has 0 saturated carbocycles. The number of benzene rings is 9. The highest BCUT2D eigenvalue weighted by molar-refractivity contribution is 7.25. The lowest BCUT2D eigenvalue weighted by atomic mass is 9.89. The monoisotopic (exact) mass is 828 g/mol. The second kappa shape index (κ2) is 13.4. The van der Waals surface area contributed by atoms with Crippen molar-refractivity contribution in [3.05, 3.63) is 215 Å². The fraction of sp³-hybridized carbons (Fsp3) is 0. The summed E-state index contributed by atoms with van der Waals surface area (Å²) in [6.45, 7) is 0. The maximum Gasteiger partial charge on any atom is 0.195 e. The molecule has 4 heterocycles. The number of fused-ring (bicyclic) bond motifs is 10. The normalized spacial score (nSPS) is 12.0. The number of aromatic nitrogens is 2. The Balaban J connectivity index is 1.30. The van der Waals surface area contributed by atoms with Crippen LogP contribution in [-0.4, -0.2) is 9.13 Å². The molecule has 62 heavy (non-hydrogen) atoms. The molecule has 0 fully saturated rings. The van der Waals surface area contributed by atoms with Crippen LogP contribution in [0.5, 0.6) is 0 Å². The average Bonchev–Trinajstić information content (AvgIpc) is 3.85. The second-order valence-electron chi connectivity index (χ2n) is 15.8. The molecule has 0 unspecified atom stereocenters. The quantitative estimate of drug-likeness (QED) is 0.166. The minimum Gasteiger partial charge on any atom is -0.309 e. The third-order valence-corrected chi connectivity index (χ3v) is 14.8. The van der Waals surface area contributed by atoms with Gasteiger partial charge in [0.05, 0.1) is 22.1 Å². The fourth-order valence-corrected chi connectivity index (χ4v) is 12.1. The Hall–Kier alpha value is -7.64. The maximum absolute atomic E-state index is 14.0. The minimum atomic E-state index is 0.0528. The molecule has 0 radical (unpaired) electrons. The van der Waals surface area contributed by atoms with Gasteiger partial charge in [0.15, 0.2) is 10.9 Å². The van der Waals surface area contributed by atoms with Crippen molar-refractivity contribution >= 4 is 107 Å². The van der Waals surface area contributed by atoms with Crippen LogP contribution in [0.3, 0.4) is 0 Å². The van der Waals surface area contributed by atoms with Crippen LogP contribution in [0.25, 0.3) is 118 Å². The molecule has 4 aromatic heterocycles. The predicted octanol–water partition coefficient (Wildman–Crippen LogP) is 14.7. The highest BCUT2D eigenvalue weighted by Crippen LogP contribution is 2.52. The zero-order valence-electron chi connectivity index (χ0n) is 33.0. The molecular formula is C56H32N2O2S2. The molecule has 13 rings (SSSR count). The van der Waals surface area contributed by atoms with E-state index in [-0.39, 0.29) is 10.9 Å². The van der Waals surface area contributed by atoms with E-state index >= 15 is 0 Å². The third-order valence-electron chi connectivity index (χ3n) is 12.5. The first-order chi connectivity index (χ1) is 30.6. The molecular weight excluding hydrogens is 797 g/mol. The number of nitrogens with zero attached hydrogens (tertiary/aromatic N) is 2. The first-order valence-corrected chi connectivity index (χ1v) is 22.3. The van der Waals surface area contributed by atoms with Crippen LogP contribution < -0.4 is 10.9 Å². The molecule has 0 amide bonds. The van der Waals surface area contributed by atoms with Gasteiger partial charge in [0.25, 0.3) is 0 Å². The van der Waals surface area contributed by atoms with Crippen LogP contribution >= 0.6 is 22.7 Å². The lowest BCUT2D eigenvalue weighted by molar-refractivity contribution is 1.18. The topological polar surface area (TPSA) is 44.0 Å². The molecule has 0 aliphatic carbocycles. The summed E-state index contributed by atoms with van der Waals surface area (Å²) in [4.78, 5) is 28.0. The summed E-state index contributed by atoms with van der Waals surface area (Å²) in [5.41, 5.74) is 10.8. The largest absolute Gasteiger partial charge is 0.309 e. The Bertz CT molecular complexity index is 3870. The van der Waals surface area contributed by atoms with Crippen LogP contribution in [0.15, 0.2) is 204 Å². The Morgan fingerprint density at radius 3 is 1.11 bits per heavy atom. The molecule has 290 valence electrons. The van der Waals surface area contributed by atoms with Crippen molar-refractivity contribution in [1.82, 2.24) is 9.13 Å². The van der Waals surface area contributed by atoms with Gasteiger partial charge in [-0.25, -0.2) is 0 Å². The van der Waals surface area contributed by atoms with E-state index in [4.69, 9.17) is 0 Å². The summed E-state index contributed by atoms with van der Waals surface area (Å²) in [6.07, 6.45) is 0. The maximum atomic E-state index is 14.0. The summed E-state index contributed by atoms with van der Waals surface area (Å²) < 4.78 is 8.69. The van der Waals surface area contributed by atoms with Gasteiger partial charge in [0.1, 0.15) is 0 Å². The molecule has 0 N–H and O–H groups in total. The lowest BCUT2D eigenvalue weighted by Gasteiger charge is -2.19. The van der Waals surface area contributed by atoms with Gasteiger partial charge < -0.3 is 9.13 Å². The smallest absolute Gasteiger partial charge is 0.195 e. The third kappa shape index (κ3) is 4.99. The Morgan fingerprint density at radius 1 is 0.323 bits per heavy atom. The second-order valence-corrected chi connectivity index (χ2v) is 18.0. The van der Waals surface area contributed by atoms with Gasteiger partial charge in [-0.1, -0.05) is 109 Å². The van der Waals surface area contributed by atoms with E-state index in [9.17, 15) is 9.59 Å². The van der Waals surface area contributed by atoms with Crippen LogP contribution in [0.4, 0.5) is 0 Å². The van der Waals surface area contributed by atoms with E-state index < -0.39 is 0 Å². The molecule has 0 bridgehead atoms. The first-order valence-electron chi connectivity index (χ1n) is 20.7. The molecule has 0 spiro atoms. The van der Waals surface area contributed by atoms with E-state index in [1.807, 2.05) is 60.7 Å². The van der Waals surface area contributed by atoms with Crippen molar-refractivity contribution in [2.24, 2.45) is 0 Å². The zero-order valence-corrected chi connectivity index (χ0v) is 34.6. The van der Waals surface area contributed by atoms with Crippen LogP contribution in [0, 0.1) is 0 Å². The Kier molecular flexibility index (Phi) is 7.61. The van der Waals surface area contributed by atoms with Gasteiger partial charge in [0, 0.05) is 84.4 Å². The average molecular weight is 829 g/mol. The lowest BCUT2D eigenvalue weighted by Crippen LogP contribution is -2.02. The van der Waals surface area contributed by atoms with E-state index in [0.717, 1.165) is 118 Å². The van der Waals surface area contributed by atoms with Crippen LogP contribution in [0.2, 0.25) is 0 Å². The van der Waals surface area contributed by atoms with Crippen molar-refractivity contribution in [3.63, 3.8) is 0 Å². The van der Waals surface area contributed by atoms with Gasteiger partial charge in [-0.15, -0.1) is 22.7 Å². The molecule has 0 saturated heterocycles. The van der Waals surface area contributed by atoms with Crippen molar-refractivity contribution in [1.29, 1.82) is 0 Å². The van der Waals surface area contributed by atoms with Gasteiger partial charge in [-0.05, 0) is 96.1 Å². The predicted molar refractivity (Wildman–Crippen MR) is 264 cm³/mol. The molecule has 0 atom stereocenters. The van der Waals surface area contributed by atoms with Crippen molar-refractivity contribution < 1.29 is 0 Å². The van der Waals surface area contributed by atoms with Crippen LogP contribution in [0.1, 0.15) is 0 Å². The summed E-state index contributed by atoms with van der Waals surface area (Å²) in [7, 11) is 0. The van der Waals surface area contributed by atoms with E-state index in [0.29, 0.717) is 0 Å². The van der Waals surface area contributed by atoms with Crippen molar-refractivity contribution in [2.75, 3.05) is 0 Å². The Labute approximate surface area is 362 Å². The minimum absolute atomic E-state index is 0.0528. The summed E-state index contributed by atoms with van der Waals surface area (Å²) in [6, 6.07) is 67.4. The number of para-hydroxylation sites is 4. The number of rotatable bonds is 4. The van der Waals surface area contributed by atoms with Crippen molar-refractivity contribution in [3.8, 4) is 33.6 Å².